The molecule has 4 aliphatic rings. The molecule has 3 fully saturated rings. The summed E-state index contributed by atoms with van der Waals surface area (Å²) in [5.74, 6) is 0.623. The van der Waals surface area contributed by atoms with Crippen molar-refractivity contribution in [1.29, 1.82) is 0 Å². The number of piperidine rings is 1. The normalized spacial score (nSPS) is 23.3. The number of hydrogen-bond acceptors (Lipinski definition) is 9. The number of likely N-dealkylation sites (tertiary alicyclic amines) is 1. The Hall–Kier alpha value is -4.09. The zero-order chi connectivity index (χ0) is 27.9. The van der Waals surface area contributed by atoms with E-state index in [2.05, 4.69) is 38.3 Å². The second-order valence-corrected chi connectivity index (χ2v) is 11.1. The average Bonchev–Trinajstić information content (AvgIpc) is 3.56. The Morgan fingerprint density at radius 3 is 2.76 bits per heavy atom. The van der Waals surface area contributed by atoms with E-state index >= 15 is 0 Å². The first-order valence-electron chi connectivity index (χ1n) is 14.3. The summed E-state index contributed by atoms with van der Waals surface area (Å²) >= 11 is 0. The van der Waals surface area contributed by atoms with Gasteiger partial charge in [-0.1, -0.05) is 6.07 Å². The van der Waals surface area contributed by atoms with Crippen LogP contribution in [0.15, 0.2) is 42.6 Å². The van der Waals surface area contributed by atoms with Crippen LogP contribution >= 0.6 is 0 Å². The lowest BCUT2D eigenvalue weighted by Gasteiger charge is -2.29. The van der Waals surface area contributed by atoms with Gasteiger partial charge in [0.2, 0.25) is 17.8 Å². The van der Waals surface area contributed by atoms with Gasteiger partial charge in [-0.25, -0.2) is 9.97 Å². The van der Waals surface area contributed by atoms with Crippen molar-refractivity contribution in [3.8, 4) is 5.75 Å². The number of hydrogen-bond donors (Lipinski definition) is 1. The van der Waals surface area contributed by atoms with Gasteiger partial charge in [0, 0.05) is 62.8 Å². The lowest BCUT2D eigenvalue weighted by molar-refractivity contribution is -0.136. The molecular weight excluding hydrogens is 524 g/mol. The average molecular weight is 557 g/mol. The van der Waals surface area contributed by atoms with E-state index in [4.69, 9.17) is 14.5 Å². The van der Waals surface area contributed by atoms with E-state index in [1.165, 1.54) is 5.56 Å². The van der Waals surface area contributed by atoms with Gasteiger partial charge in [0.15, 0.2) is 0 Å². The molecule has 1 aromatic heterocycles. The van der Waals surface area contributed by atoms with E-state index in [0.29, 0.717) is 31.7 Å². The van der Waals surface area contributed by atoms with Crippen molar-refractivity contribution in [3.05, 3.63) is 59.3 Å². The number of fused-ring (bicyclic) bond motifs is 2. The Morgan fingerprint density at radius 1 is 1.02 bits per heavy atom. The van der Waals surface area contributed by atoms with Crippen molar-refractivity contribution in [1.82, 2.24) is 25.1 Å². The number of morpholine rings is 1. The molecule has 3 amide bonds. The maximum atomic E-state index is 13.0. The molecule has 7 rings (SSSR count). The summed E-state index contributed by atoms with van der Waals surface area (Å²) in [6, 6.07) is 11.3. The van der Waals surface area contributed by atoms with Gasteiger partial charge in [-0.3, -0.25) is 24.6 Å². The largest absolute Gasteiger partial charge is 0.489 e. The van der Waals surface area contributed by atoms with Crippen molar-refractivity contribution in [3.63, 3.8) is 0 Å². The van der Waals surface area contributed by atoms with E-state index in [1.54, 1.807) is 11.0 Å². The molecule has 0 spiro atoms. The molecule has 1 N–H and O–H groups in total. The number of rotatable bonds is 6. The first-order chi connectivity index (χ1) is 20.0. The summed E-state index contributed by atoms with van der Waals surface area (Å²) < 4.78 is 11.8. The summed E-state index contributed by atoms with van der Waals surface area (Å²) in [4.78, 5) is 52.3. The Labute approximate surface area is 237 Å². The highest BCUT2D eigenvalue weighted by Gasteiger charge is 2.39. The SMILES string of the molecule is O=C1CCC(N2Cc3cc(O[C@H]4CCN(Cc5ccc6nc(N7CCOCC7)ncc6c5)C4)ccc3C2=O)C(=O)N1. The third-order valence-corrected chi connectivity index (χ3v) is 8.36. The molecule has 1 unspecified atom stereocenters. The molecule has 0 bridgehead atoms. The van der Waals surface area contributed by atoms with Gasteiger partial charge in [-0.15, -0.1) is 0 Å². The Kier molecular flexibility index (Phi) is 6.76. The number of anilines is 1. The fourth-order valence-electron chi connectivity index (χ4n) is 6.20. The third-order valence-electron chi connectivity index (χ3n) is 8.36. The molecule has 4 aliphatic heterocycles. The fraction of sp³-hybridized carbons (Fsp3) is 0.433. The summed E-state index contributed by atoms with van der Waals surface area (Å²) in [6.45, 7) is 5.93. The van der Waals surface area contributed by atoms with E-state index in [1.807, 2.05) is 18.3 Å². The van der Waals surface area contributed by atoms with Crippen LogP contribution in [-0.2, 0) is 27.4 Å². The van der Waals surface area contributed by atoms with Gasteiger partial charge < -0.3 is 19.3 Å². The molecule has 11 nitrogen and oxygen atoms in total. The number of ether oxygens (including phenoxy) is 2. The first-order valence-corrected chi connectivity index (χ1v) is 14.3. The van der Waals surface area contributed by atoms with Crippen molar-refractivity contribution < 1.29 is 23.9 Å². The standard InChI is InChI=1S/C30H32N6O5/c37-27-6-5-26(28(38)33-27)36-17-21-14-22(2-3-24(21)29(36)39)41-23-7-8-34(18-23)16-19-1-4-25-20(13-19)15-31-30(32-25)35-9-11-40-12-10-35/h1-4,13-15,23,26H,5-12,16-18H2,(H,33,37,38)/t23-,26?/m0/s1. The molecule has 11 heteroatoms. The lowest BCUT2D eigenvalue weighted by Crippen LogP contribution is -2.52. The smallest absolute Gasteiger partial charge is 0.255 e. The minimum Gasteiger partial charge on any atom is -0.489 e. The van der Waals surface area contributed by atoms with Gasteiger partial charge in [0.1, 0.15) is 17.9 Å². The van der Waals surface area contributed by atoms with Gasteiger partial charge in [0.05, 0.1) is 18.7 Å². The zero-order valence-electron chi connectivity index (χ0n) is 22.8. The highest BCUT2D eigenvalue weighted by Crippen LogP contribution is 2.31. The monoisotopic (exact) mass is 556 g/mol. The molecule has 3 aromatic rings. The number of benzene rings is 2. The van der Waals surface area contributed by atoms with Crippen LogP contribution in [0.2, 0.25) is 0 Å². The Bertz CT molecular complexity index is 1520. The van der Waals surface area contributed by atoms with Gasteiger partial charge in [0.25, 0.3) is 5.91 Å². The second-order valence-electron chi connectivity index (χ2n) is 11.1. The van der Waals surface area contributed by atoms with Gasteiger partial charge >= 0.3 is 0 Å². The topological polar surface area (TPSA) is 117 Å². The molecular formula is C30H32N6O5. The highest BCUT2D eigenvalue weighted by atomic mass is 16.5. The molecule has 212 valence electrons. The van der Waals surface area contributed by atoms with Crippen LogP contribution < -0.4 is 15.0 Å². The minimum atomic E-state index is -0.617. The first kappa shape index (κ1) is 25.8. The number of nitrogens with zero attached hydrogens (tertiary/aromatic N) is 5. The van der Waals surface area contributed by atoms with Gasteiger partial charge in [-0.05, 0) is 54.3 Å². The van der Waals surface area contributed by atoms with Crippen molar-refractivity contribution in [2.24, 2.45) is 0 Å². The summed E-state index contributed by atoms with van der Waals surface area (Å²) in [6.07, 6.45) is 3.47. The summed E-state index contributed by atoms with van der Waals surface area (Å²) in [5, 5.41) is 3.38. The van der Waals surface area contributed by atoms with Crippen LogP contribution in [0, 0.1) is 0 Å². The van der Waals surface area contributed by atoms with Crippen LogP contribution in [0.25, 0.3) is 10.9 Å². The maximum absolute atomic E-state index is 13.0. The van der Waals surface area contributed by atoms with Gasteiger partial charge in [-0.2, -0.15) is 0 Å². The number of carbonyl (C=O) groups is 3. The van der Waals surface area contributed by atoms with Crippen LogP contribution in [0.3, 0.4) is 0 Å². The summed E-state index contributed by atoms with van der Waals surface area (Å²) in [7, 11) is 0. The Morgan fingerprint density at radius 2 is 1.90 bits per heavy atom. The van der Waals surface area contributed by atoms with Crippen LogP contribution in [-0.4, -0.2) is 89.0 Å². The van der Waals surface area contributed by atoms with E-state index in [0.717, 1.165) is 67.3 Å². The van der Waals surface area contributed by atoms with Crippen molar-refractivity contribution in [2.75, 3.05) is 44.3 Å². The molecule has 5 heterocycles. The summed E-state index contributed by atoms with van der Waals surface area (Å²) in [5.41, 5.74) is 3.60. The van der Waals surface area contributed by atoms with E-state index < -0.39 is 11.9 Å². The highest BCUT2D eigenvalue weighted by molar-refractivity contribution is 6.05. The fourth-order valence-corrected chi connectivity index (χ4v) is 6.20. The molecule has 41 heavy (non-hydrogen) atoms. The number of amides is 3. The third kappa shape index (κ3) is 5.22. The van der Waals surface area contributed by atoms with Crippen molar-refractivity contribution in [2.45, 2.75) is 44.5 Å². The van der Waals surface area contributed by atoms with Crippen LogP contribution in [0.5, 0.6) is 5.75 Å². The molecule has 0 radical (unpaired) electrons. The zero-order valence-corrected chi connectivity index (χ0v) is 22.8. The number of imide groups is 1. The Balaban J connectivity index is 0.960. The van der Waals surface area contributed by atoms with Crippen molar-refractivity contribution >= 4 is 34.6 Å². The molecule has 2 aromatic carbocycles. The van der Waals surface area contributed by atoms with E-state index in [-0.39, 0.29) is 24.3 Å². The second kappa shape index (κ2) is 10.7. The molecule has 3 saturated heterocycles. The van der Waals surface area contributed by atoms with E-state index in [9.17, 15) is 14.4 Å². The maximum Gasteiger partial charge on any atom is 0.255 e. The quantitative estimate of drug-likeness (QED) is 0.454. The van der Waals surface area contributed by atoms with Crippen LogP contribution in [0.4, 0.5) is 5.95 Å². The predicted octanol–water partition coefficient (Wildman–Crippen LogP) is 1.88. The number of aromatic nitrogens is 2. The lowest BCUT2D eigenvalue weighted by atomic mass is 10.0. The predicted molar refractivity (Wildman–Crippen MR) is 149 cm³/mol. The molecule has 0 saturated carbocycles. The molecule has 0 aliphatic carbocycles. The number of nitrogens with one attached hydrogen (secondary N) is 1. The number of carbonyl (C=O) groups excluding carboxylic acids is 3. The van der Waals surface area contributed by atoms with Crippen LogP contribution in [0.1, 0.15) is 40.7 Å². The minimum absolute atomic E-state index is 0.0521. The molecule has 2 atom stereocenters.